The molecule has 35 heavy (non-hydrogen) atoms. The van der Waals surface area contributed by atoms with Crippen molar-refractivity contribution in [3.05, 3.63) is 111 Å². The summed E-state index contributed by atoms with van der Waals surface area (Å²) >= 11 is 0. The molecule has 180 valence electrons. The molecule has 1 aliphatic rings. The zero-order valence-corrected chi connectivity index (χ0v) is 20.7. The van der Waals surface area contributed by atoms with Gasteiger partial charge >= 0.3 is 5.63 Å². The molecule has 0 N–H and O–H groups in total. The van der Waals surface area contributed by atoms with E-state index in [0.29, 0.717) is 24.3 Å². The highest BCUT2D eigenvalue weighted by molar-refractivity contribution is 5.83. The number of rotatable bonds is 5. The van der Waals surface area contributed by atoms with Gasteiger partial charge in [0.1, 0.15) is 0 Å². The van der Waals surface area contributed by atoms with Gasteiger partial charge in [-0.15, -0.1) is 0 Å². The van der Waals surface area contributed by atoms with Gasteiger partial charge in [0.25, 0.3) is 0 Å². The molecule has 0 aliphatic carbocycles. The summed E-state index contributed by atoms with van der Waals surface area (Å²) in [6.07, 6.45) is 0.815. The van der Waals surface area contributed by atoms with Gasteiger partial charge in [0, 0.05) is 22.3 Å². The molecule has 1 saturated heterocycles. The number of hydrogen-bond donors (Lipinski definition) is 0. The molecule has 4 aromatic rings. The average molecular weight is 470 g/mol. The van der Waals surface area contributed by atoms with Crippen LogP contribution < -0.4 is 5.63 Å². The Balaban J connectivity index is 1.58. The number of ether oxygens (including phenoxy) is 2. The predicted molar refractivity (Wildman–Crippen MR) is 136 cm³/mol. The van der Waals surface area contributed by atoms with Gasteiger partial charge in [-0.2, -0.15) is 0 Å². The average Bonchev–Trinajstić information content (AvgIpc) is 2.87. The molecule has 1 fully saturated rings. The molecule has 1 unspecified atom stereocenters. The van der Waals surface area contributed by atoms with E-state index < -0.39 is 11.4 Å². The van der Waals surface area contributed by atoms with Crippen LogP contribution in [-0.4, -0.2) is 18.4 Å². The van der Waals surface area contributed by atoms with Crippen molar-refractivity contribution >= 4 is 10.8 Å². The smallest absolute Gasteiger partial charge is 0.345 e. The highest BCUT2D eigenvalue weighted by atomic mass is 16.7. The maximum absolute atomic E-state index is 12.2. The fourth-order valence-corrected chi connectivity index (χ4v) is 4.70. The lowest BCUT2D eigenvalue weighted by atomic mass is 9.84. The van der Waals surface area contributed by atoms with E-state index in [9.17, 15) is 4.79 Å². The van der Waals surface area contributed by atoms with Crippen LogP contribution in [0.2, 0.25) is 0 Å². The van der Waals surface area contributed by atoms with Crippen molar-refractivity contribution in [3.8, 4) is 0 Å². The molecule has 0 radical (unpaired) electrons. The fraction of sp³-hybridized carbons (Fsp3) is 0.333. The first kappa shape index (κ1) is 23.5. The zero-order valence-electron chi connectivity index (χ0n) is 20.7. The van der Waals surface area contributed by atoms with E-state index in [1.165, 1.54) is 5.56 Å². The Morgan fingerprint density at radius 1 is 0.857 bits per heavy atom. The summed E-state index contributed by atoms with van der Waals surface area (Å²) < 4.78 is 17.4. The van der Waals surface area contributed by atoms with E-state index in [0.717, 1.165) is 28.5 Å². The summed E-state index contributed by atoms with van der Waals surface area (Å²) in [4.78, 5) is 12.2. The van der Waals surface area contributed by atoms with Gasteiger partial charge in [0.15, 0.2) is 5.79 Å². The third kappa shape index (κ3) is 4.79. The Bertz CT molecular complexity index is 1400. The lowest BCUT2D eigenvalue weighted by Crippen LogP contribution is -2.43. The molecule has 1 aromatic heterocycles. The molecule has 0 spiro atoms. The van der Waals surface area contributed by atoms with Crippen molar-refractivity contribution in [2.24, 2.45) is 5.41 Å². The minimum atomic E-state index is -0.786. The Morgan fingerprint density at radius 3 is 2.31 bits per heavy atom. The molecule has 0 bridgehead atoms. The molecule has 2 heterocycles. The van der Waals surface area contributed by atoms with E-state index in [1.807, 2.05) is 32.0 Å². The maximum Gasteiger partial charge on any atom is 0.366 e. The topological polar surface area (TPSA) is 61.6 Å². The number of aromatic nitrogens is 1. The number of fused-ring (bicyclic) bond motifs is 1. The molecule has 5 heteroatoms. The molecule has 5 nitrogen and oxygen atoms in total. The molecule has 1 aliphatic heterocycles. The summed E-state index contributed by atoms with van der Waals surface area (Å²) in [5.41, 5.74) is 4.81. The van der Waals surface area contributed by atoms with Crippen LogP contribution in [0.3, 0.4) is 0 Å². The Kier molecular flexibility index (Phi) is 6.07. The van der Waals surface area contributed by atoms with Crippen molar-refractivity contribution in [2.75, 3.05) is 13.2 Å². The summed E-state index contributed by atoms with van der Waals surface area (Å²) in [6, 6.07) is 24.9. The van der Waals surface area contributed by atoms with Gasteiger partial charge in [-0.1, -0.05) is 73.6 Å². The third-order valence-electron chi connectivity index (χ3n) is 6.89. The first-order chi connectivity index (χ1) is 16.7. The normalized spacial score (nSPS) is 17.8. The molecular formula is C30H31NO4. The SMILES string of the molecule is Cc1noc(=O)c2ccc(C(Cc3ccccc3)c3cccc(C4(C)OCC(C)(C)CO4)c3)cc12. The largest absolute Gasteiger partial charge is 0.366 e. The molecular weight excluding hydrogens is 438 g/mol. The standard InChI is InChI=1S/C30H31NO4/c1-20-26-17-23(13-14-25(26)28(32)35-31-20)27(15-21-9-6-5-7-10-21)22-11-8-12-24(16-22)30(4)33-18-29(2,3)19-34-30/h5-14,16-17,27H,15,18-19H2,1-4H3. The highest BCUT2D eigenvalue weighted by Crippen LogP contribution is 2.38. The lowest BCUT2D eigenvalue weighted by Gasteiger charge is -2.41. The maximum atomic E-state index is 12.2. The van der Waals surface area contributed by atoms with Gasteiger partial charge in [-0.05, 0) is 55.2 Å². The summed E-state index contributed by atoms with van der Waals surface area (Å²) in [5, 5.41) is 5.31. The number of nitrogens with zero attached hydrogens (tertiary/aromatic N) is 1. The Hall–Kier alpha value is -3.28. The van der Waals surface area contributed by atoms with Crippen molar-refractivity contribution in [3.63, 3.8) is 0 Å². The summed E-state index contributed by atoms with van der Waals surface area (Å²) in [5.74, 6) is -0.719. The van der Waals surface area contributed by atoms with E-state index >= 15 is 0 Å². The molecule has 0 saturated carbocycles. The van der Waals surface area contributed by atoms with E-state index in [1.54, 1.807) is 0 Å². The van der Waals surface area contributed by atoms with Crippen LogP contribution in [0.1, 0.15) is 54.6 Å². The second-order valence-corrected chi connectivity index (χ2v) is 10.4. The van der Waals surface area contributed by atoms with Crippen LogP contribution in [0.15, 0.2) is 82.1 Å². The Labute approximate surface area is 205 Å². The van der Waals surface area contributed by atoms with Gasteiger partial charge in [0.05, 0.1) is 24.3 Å². The quantitative estimate of drug-likeness (QED) is 0.353. The summed E-state index contributed by atoms with van der Waals surface area (Å²) in [7, 11) is 0. The van der Waals surface area contributed by atoms with Crippen LogP contribution in [0.5, 0.6) is 0 Å². The first-order valence-corrected chi connectivity index (χ1v) is 12.1. The van der Waals surface area contributed by atoms with Gasteiger partial charge < -0.3 is 14.0 Å². The number of hydrogen-bond acceptors (Lipinski definition) is 5. The van der Waals surface area contributed by atoms with Crippen molar-refractivity contribution in [2.45, 2.75) is 45.8 Å². The van der Waals surface area contributed by atoms with Crippen LogP contribution in [0, 0.1) is 12.3 Å². The van der Waals surface area contributed by atoms with Gasteiger partial charge in [-0.3, -0.25) is 0 Å². The third-order valence-corrected chi connectivity index (χ3v) is 6.89. The van der Waals surface area contributed by atoms with Gasteiger partial charge in [-0.25, -0.2) is 4.79 Å². The second kappa shape index (κ2) is 9.06. The van der Waals surface area contributed by atoms with Crippen LogP contribution in [0.25, 0.3) is 10.8 Å². The predicted octanol–water partition coefficient (Wildman–Crippen LogP) is 6.12. The number of benzene rings is 3. The molecule has 5 rings (SSSR count). The van der Waals surface area contributed by atoms with Crippen LogP contribution in [0.4, 0.5) is 0 Å². The minimum absolute atomic E-state index is 0.00332. The van der Waals surface area contributed by atoms with E-state index in [2.05, 4.69) is 73.6 Å². The van der Waals surface area contributed by atoms with E-state index in [4.69, 9.17) is 14.0 Å². The van der Waals surface area contributed by atoms with Crippen molar-refractivity contribution in [1.29, 1.82) is 0 Å². The lowest BCUT2D eigenvalue weighted by molar-refractivity contribution is -0.298. The zero-order chi connectivity index (χ0) is 24.6. The van der Waals surface area contributed by atoms with Crippen LogP contribution in [-0.2, 0) is 21.7 Å². The highest BCUT2D eigenvalue weighted by Gasteiger charge is 2.38. The summed E-state index contributed by atoms with van der Waals surface area (Å²) in [6.45, 7) is 9.44. The fourth-order valence-electron chi connectivity index (χ4n) is 4.70. The molecule has 1 atom stereocenters. The molecule has 0 amide bonds. The number of aryl methyl sites for hydroxylation is 1. The van der Waals surface area contributed by atoms with Gasteiger partial charge in [0.2, 0.25) is 0 Å². The Morgan fingerprint density at radius 2 is 1.57 bits per heavy atom. The van der Waals surface area contributed by atoms with Crippen molar-refractivity contribution < 1.29 is 14.0 Å². The second-order valence-electron chi connectivity index (χ2n) is 10.4. The minimum Gasteiger partial charge on any atom is -0.345 e. The molecule has 3 aromatic carbocycles. The monoisotopic (exact) mass is 469 g/mol. The first-order valence-electron chi connectivity index (χ1n) is 12.1. The van der Waals surface area contributed by atoms with Crippen molar-refractivity contribution in [1.82, 2.24) is 5.16 Å². The van der Waals surface area contributed by atoms with E-state index in [-0.39, 0.29) is 11.3 Å². The van der Waals surface area contributed by atoms with Crippen LogP contribution >= 0.6 is 0 Å².